The van der Waals surface area contributed by atoms with Gasteiger partial charge in [-0.1, -0.05) is 18.2 Å². The molecule has 3 aromatic rings. The third-order valence-electron chi connectivity index (χ3n) is 4.69. The molecule has 0 saturated carbocycles. The zero-order chi connectivity index (χ0) is 25.4. The summed E-state index contributed by atoms with van der Waals surface area (Å²) in [4.78, 5) is 23.6. The van der Waals surface area contributed by atoms with Crippen molar-refractivity contribution in [1.82, 2.24) is 5.43 Å². The van der Waals surface area contributed by atoms with Gasteiger partial charge in [0.1, 0.15) is 23.3 Å². The van der Waals surface area contributed by atoms with Crippen molar-refractivity contribution in [3.63, 3.8) is 0 Å². The molecule has 0 saturated heterocycles. The van der Waals surface area contributed by atoms with E-state index in [1.165, 1.54) is 20.1 Å². The topological polar surface area (TPSA) is 114 Å². The largest absolute Gasteiger partial charge is 0.457 e. The van der Waals surface area contributed by atoms with Gasteiger partial charge in [0.2, 0.25) is 10.0 Å². The normalized spacial score (nSPS) is 12.1. The molecule has 182 valence electrons. The summed E-state index contributed by atoms with van der Waals surface area (Å²) in [5.74, 6) is 0.507. The Bertz CT molecular complexity index is 1290. The smallest absolute Gasteiger partial charge is 0.308 e. The summed E-state index contributed by atoms with van der Waals surface area (Å²) >= 11 is 0. The summed E-state index contributed by atoms with van der Waals surface area (Å²) in [5.41, 5.74) is 3.31. The van der Waals surface area contributed by atoms with Crippen LogP contribution in [0.25, 0.3) is 0 Å². The molecule has 0 fully saturated rings. The monoisotopic (exact) mass is 495 g/mol. The molecule has 3 aromatic carbocycles. The third-order valence-corrected chi connectivity index (χ3v) is 5.93. The fourth-order valence-corrected chi connectivity index (χ4v) is 4.32. The van der Waals surface area contributed by atoms with Crippen molar-refractivity contribution in [2.45, 2.75) is 19.9 Å². The van der Waals surface area contributed by atoms with Crippen LogP contribution in [0.5, 0.6) is 17.2 Å². The van der Waals surface area contributed by atoms with E-state index >= 15 is 0 Å². The lowest BCUT2D eigenvalue weighted by Crippen LogP contribution is -2.46. The number of benzene rings is 3. The summed E-state index contributed by atoms with van der Waals surface area (Å²) < 4.78 is 36.7. The Labute approximate surface area is 204 Å². The van der Waals surface area contributed by atoms with Crippen LogP contribution >= 0.6 is 0 Å². The number of nitrogens with zero attached hydrogens (tertiary/aromatic N) is 2. The second-order valence-corrected chi connectivity index (χ2v) is 9.40. The number of amides is 1. The number of anilines is 1. The first-order valence-electron chi connectivity index (χ1n) is 10.6. The zero-order valence-corrected chi connectivity index (χ0v) is 20.2. The number of carbonyl (C=O) groups is 2. The van der Waals surface area contributed by atoms with Gasteiger partial charge in [-0.15, -0.1) is 0 Å². The first kappa shape index (κ1) is 25.4. The maximum atomic E-state index is 12.7. The fraction of sp³-hybridized carbons (Fsp3) is 0.160. The minimum Gasteiger partial charge on any atom is -0.457 e. The maximum absolute atomic E-state index is 12.7. The van der Waals surface area contributed by atoms with E-state index in [-0.39, 0.29) is 0 Å². The Morgan fingerprint density at radius 3 is 2.06 bits per heavy atom. The number of hydrazone groups is 1. The molecule has 0 aliphatic carbocycles. The van der Waals surface area contributed by atoms with E-state index in [2.05, 4.69) is 10.5 Å². The van der Waals surface area contributed by atoms with Crippen LogP contribution in [0.1, 0.15) is 19.4 Å². The van der Waals surface area contributed by atoms with Crippen LogP contribution in [0.15, 0.2) is 84.0 Å². The van der Waals surface area contributed by atoms with Crippen molar-refractivity contribution < 1.29 is 27.5 Å². The molecule has 0 bridgehead atoms. The van der Waals surface area contributed by atoms with Gasteiger partial charge in [0.15, 0.2) is 0 Å². The molecule has 1 N–H and O–H groups in total. The Balaban J connectivity index is 1.68. The number of hydrogen-bond acceptors (Lipinski definition) is 7. The van der Waals surface area contributed by atoms with E-state index in [1.54, 1.807) is 60.7 Å². The molecule has 9 nitrogen and oxygen atoms in total. The second-order valence-electron chi connectivity index (χ2n) is 7.54. The van der Waals surface area contributed by atoms with Crippen LogP contribution in [-0.2, 0) is 19.6 Å². The molecule has 3 rings (SSSR count). The summed E-state index contributed by atoms with van der Waals surface area (Å²) in [6, 6.07) is 21.0. The van der Waals surface area contributed by atoms with Gasteiger partial charge < -0.3 is 9.47 Å². The van der Waals surface area contributed by atoms with Crippen molar-refractivity contribution >= 4 is 33.8 Å². The average Bonchev–Trinajstić information content (AvgIpc) is 2.81. The molecule has 35 heavy (non-hydrogen) atoms. The van der Waals surface area contributed by atoms with Crippen molar-refractivity contribution in [2.75, 3.05) is 10.6 Å². The number of para-hydroxylation sites is 1. The molecular formula is C25H25N3O6S. The van der Waals surface area contributed by atoms with E-state index in [0.717, 1.165) is 10.6 Å². The van der Waals surface area contributed by atoms with Crippen molar-refractivity contribution in [2.24, 2.45) is 5.10 Å². The molecule has 0 aliphatic rings. The molecule has 1 amide bonds. The lowest BCUT2D eigenvalue weighted by molar-refractivity contribution is -0.131. The lowest BCUT2D eigenvalue weighted by Gasteiger charge is -2.27. The van der Waals surface area contributed by atoms with E-state index in [1.807, 2.05) is 18.2 Å². The van der Waals surface area contributed by atoms with Crippen molar-refractivity contribution in [3.8, 4) is 17.2 Å². The van der Waals surface area contributed by atoms with E-state index in [0.29, 0.717) is 28.5 Å². The molecule has 0 unspecified atom stereocenters. The van der Waals surface area contributed by atoms with Gasteiger partial charge in [0.25, 0.3) is 5.91 Å². The Hall–Kier alpha value is -4.18. The average molecular weight is 496 g/mol. The number of rotatable bonds is 9. The third kappa shape index (κ3) is 7.41. The first-order chi connectivity index (χ1) is 16.6. The van der Waals surface area contributed by atoms with E-state index < -0.39 is 27.9 Å². The minimum absolute atomic E-state index is 0.306. The van der Waals surface area contributed by atoms with Gasteiger partial charge in [-0.3, -0.25) is 13.9 Å². The van der Waals surface area contributed by atoms with Gasteiger partial charge in [-0.05, 0) is 73.2 Å². The van der Waals surface area contributed by atoms with Gasteiger partial charge in [-0.2, -0.15) is 5.10 Å². The van der Waals surface area contributed by atoms with Crippen molar-refractivity contribution in [3.05, 3.63) is 84.4 Å². The van der Waals surface area contributed by atoms with Gasteiger partial charge in [0.05, 0.1) is 18.2 Å². The number of hydrogen-bond donors (Lipinski definition) is 1. The molecule has 1 atom stereocenters. The van der Waals surface area contributed by atoms with Crippen LogP contribution in [0, 0.1) is 0 Å². The van der Waals surface area contributed by atoms with Crippen LogP contribution in [0.3, 0.4) is 0 Å². The molecule has 0 aliphatic heterocycles. The summed E-state index contributed by atoms with van der Waals surface area (Å²) in [5, 5.41) is 3.90. The zero-order valence-electron chi connectivity index (χ0n) is 19.4. The number of sulfonamides is 1. The van der Waals surface area contributed by atoms with E-state index in [9.17, 15) is 18.0 Å². The number of esters is 1. The summed E-state index contributed by atoms with van der Waals surface area (Å²) in [6.07, 6.45) is 2.42. The minimum atomic E-state index is -3.79. The highest BCUT2D eigenvalue weighted by Crippen LogP contribution is 2.27. The number of carbonyl (C=O) groups excluding carboxylic acids is 2. The highest BCUT2D eigenvalue weighted by molar-refractivity contribution is 7.92. The second kappa shape index (κ2) is 11.3. The molecule has 0 heterocycles. The van der Waals surface area contributed by atoms with Crippen LogP contribution in [0.2, 0.25) is 0 Å². The predicted molar refractivity (Wildman–Crippen MR) is 133 cm³/mol. The summed E-state index contributed by atoms with van der Waals surface area (Å²) in [7, 11) is -3.79. The Kier molecular flexibility index (Phi) is 8.21. The molecule has 0 radical (unpaired) electrons. The molecule has 0 aromatic heterocycles. The van der Waals surface area contributed by atoms with Crippen molar-refractivity contribution in [1.29, 1.82) is 0 Å². The van der Waals surface area contributed by atoms with Crippen LogP contribution in [0.4, 0.5) is 5.69 Å². The standard InChI is InChI=1S/C25H25N3O6S/c1-18(25(30)27-26-17-20-9-13-23(14-10-20)33-19(2)29)28(35(3,31)32)21-11-15-24(16-12-21)34-22-7-5-4-6-8-22/h4-18H,1-3H3,(H,27,30)/b26-17-/t18-/m1/s1. The number of ether oxygens (including phenoxy) is 2. The number of nitrogens with one attached hydrogen (secondary N) is 1. The quantitative estimate of drug-likeness (QED) is 0.210. The summed E-state index contributed by atoms with van der Waals surface area (Å²) in [6.45, 7) is 2.77. The van der Waals surface area contributed by atoms with Gasteiger partial charge >= 0.3 is 5.97 Å². The predicted octanol–water partition coefficient (Wildman–Crippen LogP) is 3.71. The van der Waals surface area contributed by atoms with Gasteiger partial charge in [-0.25, -0.2) is 13.8 Å². The Morgan fingerprint density at radius 1 is 0.914 bits per heavy atom. The molecule has 0 spiro atoms. The van der Waals surface area contributed by atoms with Crippen LogP contribution in [-0.4, -0.2) is 38.8 Å². The highest BCUT2D eigenvalue weighted by atomic mass is 32.2. The van der Waals surface area contributed by atoms with E-state index in [4.69, 9.17) is 9.47 Å². The fourth-order valence-electron chi connectivity index (χ4n) is 3.15. The lowest BCUT2D eigenvalue weighted by atomic mass is 10.2. The van der Waals surface area contributed by atoms with Crippen LogP contribution < -0.4 is 19.2 Å². The first-order valence-corrected chi connectivity index (χ1v) is 12.4. The molecule has 10 heteroatoms. The SMILES string of the molecule is CC(=O)Oc1ccc(/C=N\NC(=O)[C@@H](C)N(c2ccc(Oc3ccccc3)cc2)S(C)(=O)=O)cc1. The van der Waals surface area contributed by atoms with Gasteiger partial charge in [0, 0.05) is 6.92 Å². The molecular weight excluding hydrogens is 470 g/mol. The maximum Gasteiger partial charge on any atom is 0.308 e. The Morgan fingerprint density at radius 2 is 1.49 bits per heavy atom. The highest BCUT2D eigenvalue weighted by Gasteiger charge is 2.29.